The molecule has 0 aromatic heterocycles. The zero-order valence-corrected chi connectivity index (χ0v) is 22.9. The first-order valence-corrected chi connectivity index (χ1v) is 13.0. The molecule has 13 heteroatoms. The predicted molar refractivity (Wildman–Crippen MR) is 148 cm³/mol. The molecule has 10 N–H and O–H groups in total. The lowest BCUT2D eigenvalue weighted by Crippen LogP contribution is -2.59. The Hall–Kier alpha value is -4.65. The van der Waals surface area contributed by atoms with Crippen molar-refractivity contribution in [2.24, 2.45) is 17.4 Å². The predicted octanol–water partition coefficient (Wildman–Crippen LogP) is -0.329. The van der Waals surface area contributed by atoms with Gasteiger partial charge in [0.05, 0.1) is 12.5 Å². The van der Waals surface area contributed by atoms with E-state index in [1.165, 1.54) is 36.4 Å². The molecule has 0 saturated carbocycles. The van der Waals surface area contributed by atoms with Crippen molar-refractivity contribution in [1.82, 2.24) is 16.0 Å². The molecule has 2 aromatic rings. The third-order valence-corrected chi connectivity index (χ3v) is 6.55. The first-order valence-electron chi connectivity index (χ1n) is 13.0. The highest BCUT2D eigenvalue weighted by Crippen LogP contribution is 2.14. The second-order valence-corrected chi connectivity index (χ2v) is 9.85. The maximum Gasteiger partial charge on any atom is 0.326 e. The molecule has 5 unspecified atom stereocenters. The number of hydrogen-bond acceptors (Lipinski definition) is 8. The minimum atomic E-state index is -1.45. The van der Waals surface area contributed by atoms with E-state index in [0.717, 1.165) is 0 Å². The number of aromatic hydroxyl groups is 2. The molecule has 0 radical (unpaired) electrons. The van der Waals surface area contributed by atoms with E-state index in [1.54, 1.807) is 26.0 Å². The van der Waals surface area contributed by atoms with Crippen LogP contribution in [0.4, 0.5) is 0 Å². The number of phenolic OH excluding ortho intramolecular Hbond substituents is 2. The number of nitrogens with one attached hydrogen (secondary N) is 3. The monoisotopic (exact) mass is 571 g/mol. The molecule has 0 aliphatic carbocycles. The Balaban J connectivity index is 2.15. The van der Waals surface area contributed by atoms with Crippen molar-refractivity contribution in [1.29, 1.82) is 0 Å². The maximum absolute atomic E-state index is 13.2. The van der Waals surface area contributed by atoms with Crippen molar-refractivity contribution in [2.45, 2.75) is 63.7 Å². The summed E-state index contributed by atoms with van der Waals surface area (Å²) in [7, 11) is 0. The van der Waals surface area contributed by atoms with Crippen LogP contribution in [0.2, 0.25) is 0 Å². The Labute approximate surface area is 237 Å². The highest BCUT2D eigenvalue weighted by Gasteiger charge is 2.33. The van der Waals surface area contributed by atoms with Crippen LogP contribution in [0, 0.1) is 5.92 Å². The molecule has 0 aliphatic heterocycles. The van der Waals surface area contributed by atoms with Crippen LogP contribution >= 0.6 is 0 Å². The van der Waals surface area contributed by atoms with E-state index < -0.39 is 66.1 Å². The van der Waals surface area contributed by atoms with Gasteiger partial charge in [0.15, 0.2) is 0 Å². The summed E-state index contributed by atoms with van der Waals surface area (Å²) in [6.45, 7) is 3.45. The molecular weight excluding hydrogens is 534 g/mol. The molecule has 41 heavy (non-hydrogen) atoms. The van der Waals surface area contributed by atoms with E-state index in [0.29, 0.717) is 17.5 Å². The highest BCUT2D eigenvalue weighted by molar-refractivity contribution is 5.96. The van der Waals surface area contributed by atoms with Gasteiger partial charge in [-0.05, 0) is 47.7 Å². The summed E-state index contributed by atoms with van der Waals surface area (Å²) in [6, 6.07) is 6.76. The number of carboxylic acids is 1. The molecule has 5 atom stereocenters. The molecule has 2 aromatic carbocycles. The maximum atomic E-state index is 13.2. The van der Waals surface area contributed by atoms with Gasteiger partial charge in [-0.1, -0.05) is 44.5 Å². The van der Waals surface area contributed by atoms with E-state index >= 15 is 0 Å². The number of primary amides is 1. The van der Waals surface area contributed by atoms with Gasteiger partial charge in [-0.2, -0.15) is 0 Å². The number of carbonyl (C=O) groups is 5. The Kier molecular flexibility index (Phi) is 12.1. The van der Waals surface area contributed by atoms with Gasteiger partial charge >= 0.3 is 5.97 Å². The van der Waals surface area contributed by atoms with Crippen LogP contribution < -0.4 is 27.4 Å². The van der Waals surface area contributed by atoms with Crippen LogP contribution in [0.5, 0.6) is 11.5 Å². The number of hydrogen-bond donors (Lipinski definition) is 8. The van der Waals surface area contributed by atoms with Crippen molar-refractivity contribution in [2.75, 3.05) is 0 Å². The summed E-state index contributed by atoms with van der Waals surface area (Å²) in [6.07, 6.45) is -0.149. The third-order valence-electron chi connectivity index (χ3n) is 6.55. The van der Waals surface area contributed by atoms with Gasteiger partial charge in [0.2, 0.25) is 23.6 Å². The number of nitrogens with two attached hydrogens (primary N) is 2. The van der Waals surface area contributed by atoms with Crippen LogP contribution in [-0.2, 0) is 36.8 Å². The number of carbonyl (C=O) groups excluding carboxylic acids is 4. The molecular formula is C28H37N5O8. The smallest absolute Gasteiger partial charge is 0.326 e. The molecule has 4 amide bonds. The summed E-state index contributed by atoms with van der Waals surface area (Å²) in [5.74, 6) is -4.99. The fourth-order valence-electron chi connectivity index (χ4n) is 3.95. The number of carboxylic acid groups (broad SMARTS) is 1. The minimum absolute atomic E-state index is 0.00289. The lowest BCUT2D eigenvalue weighted by molar-refractivity contribution is -0.142. The van der Waals surface area contributed by atoms with Crippen molar-refractivity contribution in [3.05, 3.63) is 59.7 Å². The standard InChI is InChI=1S/C28H37N5O8/c1-3-15(2)24(27(39)32-22(28(40)41)13-17-6-10-19(35)11-7-17)33-26(38)21(14-23(30)36)31-25(37)20(29)12-16-4-8-18(34)9-5-16/h4-11,15,20-22,24,34-35H,3,12-14,29H2,1-2H3,(H2,30,36)(H,31,37)(H,32,39)(H,33,38)(H,40,41). The highest BCUT2D eigenvalue weighted by atomic mass is 16.4. The average Bonchev–Trinajstić information content (AvgIpc) is 2.92. The summed E-state index contributed by atoms with van der Waals surface area (Å²) in [5, 5.41) is 35.9. The molecule has 222 valence electrons. The van der Waals surface area contributed by atoms with Crippen LogP contribution in [-0.4, -0.2) is 69.1 Å². The first kappa shape index (κ1) is 32.6. The second kappa shape index (κ2) is 15.2. The fraction of sp³-hybridized carbons (Fsp3) is 0.393. The lowest BCUT2D eigenvalue weighted by Gasteiger charge is -2.28. The van der Waals surface area contributed by atoms with Crippen LogP contribution in [0.15, 0.2) is 48.5 Å². The van der Waals surface area contributed by atoms with Crippen molar-refractivity contribution < 1.29 is 39.3 Å². The van der Waals surface area contributed by atoms with Crippen LogP contribution in [0.1, 0.15) is 37.8 Å². The van der Waals surface area contributed by atoms with E-state index in [2.05, 4.69) is 16.0 Å². The zero-order valence-electron chi connectivity index (χ0n) is 22.9. The molecule has 0 spiro atoms. The van der Waals surface area contributed by atoms with E-state index in [-0.39, 0.29) is 24.3 Å². The van der Waals surface area contributed by atoms with Gasteiger partial charge in [-0.3, -0.25) is 19.2 Å². The largest absolute Gasteiger partial charge is 0.508 e. The SMILES string of the molecule is CCC(C)C(NC(=O)C(CC(N)=O)NC(=O)C(N)Cc1ccc(O)cc1)C(=O)NC(Cc1ccc(O)cc1)C(=O)O. The molecule has 0 heterocycles. The Morgan fingerprint density at radius 3 is 1.71 bits per heavy atom. The quantitative estimate of drug-likeness (QED) is 0.140. The van der Waals surface area contributed by atoms with Gasteiger partial charge < -0.3 is 42.7 Å². The topological polar surface area (TPSA) is 234 Å². The second-order valence-electron chi connectivity index (χ2n) is 9.85. The Morgan fingerprint density at radius 2 is 1.24 bits per heavy atom. The summed E-state index contributed by atoms with van der Waals surface area (Å²) >= 11 is 0. The fourth-order valence-corrected chi connectivity index (χ4v) is 3.95. The summed E-state index contributed by atoms with van der Waals surface area (Å²) in [5.41, 5.74) is 12.5. The van der Waals surface area contributed by atoms with Crippen molar-refractivity contribution in [3.8, 4) is 11.5 Å². The van der Waals surface area contributed by atoms with E-state index in [9.17, 15) is 39.3 Å². The molecule has 2 rings (SSSR count). The van der Waals surface area contributed by atoms with Gasteiger partial charge in [-0.15, -0.1) is 0 Å². The Bertz CT molecular complexity index is 1220. The molecule has 0 saturated heterocycles. The number of amides is 4. The van der Waals surface area contributed by atoms with Crippen molar-refractivity contribution in [3.63, 3.8) is 0 Å². The molecule has 0 fully saturated rings. The van der Waals surface area contributed by atoms with Gasteiger partial charge in [-0.25, -0.2) is 4.79 Å². The normalized spacial score (nSPS) is 14.5. The van der Waals surface area contributed by atoms with Gasteiger partial charge in [0.1, 0.15) is 29.6 Å². The Morgan fingerprint density at radius 1 is 0.756 bits per heavy atom. The number of rotatable bonds is 15. The van der Waals surface area contributed by atoms with Crippen LogP contribution in [0.25, 0.3) is 0 Å². The van der Waals surface area contributed by atoms with E-state index in [1.807, 2.05) is 0 Å². The number of benzene rings is 2. The number of aliphatic carboxylic acids is 1. The number of phenols is 2. The molecule has 13 nitrogen and oxygen atoms in total. The van der Waals surface area contributed by atoms with Gasteiger partial charge in [0.25, 0.3) is 0 Å². The molecule has 0 bridgehead atoms. The van der Waals surface area contributed by atoms with E-state index in [4.69, 9.17) is 11.5 Å². The lowest BCUT2D eigenvalue weighted by atomic mass is 9.96. The first-order chi connectivity index (χ1) is 19.3. The average molecular weight is 572 g/mol. The summed E-state index contributed by atoms with van der Waals surface area (Å²) < 4.78 is 0. The van der Waals surface area contributed by atoms with Crippen LogP contribution in [0.3, 0.4) is 0 Å². The van der Waals surface area contributed by atoms with Gasteiger partial charge in [0, 0.05) is 6.42 Å². The minimum Gasteiger partial charge on any atom is -0.508 e. The van der Waals surface area contributed by atoms with Crippen molar-refractivity contribution >= 4 is 29.6 Å². The third kappa shape index (κ3) is 10.4. The molecule has 0 aliphatic rings. The summed E-state index contributed by atoms with van der Waals surface area (Å²) in [4.78, 5) is 62.7. The zero-order chi connectivity index (χ0) is 30.7.